The Bertz CT molecular complexity index is 1040. The Labute approximate surface area is 173 Å². The number of quaternary nitrogens is 1. The average molecular weight is 411 g/mol. The molecular weight excluding hydrogens is 390 g/mol. The number of amides is 3. The van der Waals surface area contributed by atoms with Gasteiger partial charge in [0.05, 0.1) is 11.7 Å². The topological polar surface area (TPSA) is 83.1 Å². The van der Waals surface area contributed by atoms with Crippen LogP contribution in [0.4, 0.5) is 5.69 Å². The van der Waals surface area contributed by atoms with Crippen LogP contribution in [0, 0.1) is 11.8 Å². The maximum atomic E-state index is 13.4. The predicted octanol–water partition coefficient (Wildman–Crippen LogP) is 1.30. The zero-order valence-electron chi connectivity index (χ0n) is 15.9. The lowest BCUT2D eigenvalue weighted by molar-refractivity contribution is -0.730. The van der Waals surface area contributed by atoms with Gasteiger partial charge in [0.25, 0.3) is 5.91 Å². The van der Waals surface area contributed by atoms with Gasteiger partial charge in [-0.25, -0.2) is 0 Å². The lowest BCUT2D eigenvalue weighted by atomic mass is 9.76. The van der Waals surface area contributed by atoms with Gasteiger partial charge in [-0.2, -0.15) is 0 Å². The van der Waals surface area contributed by atoms with E-state index >= 15 is 0 Å². The number of nitrogens with two attached hydrogens (primary N) is 1. The molecule has 0 bridgehead atoms. The largest absolute Gasteiger partial charge is 0.326 e. The van der Waals surface area contributed by atoms with Gasteiger partial charge in [-0.1, -0.05) is 41.9 Å². The molecule has 148 valence electrons. The van der Waals surface area contributed by atoms with E-state index in [0.29, 0.717) is 29.2 Å². The predicted molar refractivity (Wildman–Crippen MR) is 107 cm³/mol. The second-order valence-corrected chi connectivity index (χ2v) is 8.54. The summed E-state index contributed by atoms with van der Waals surface area (Å²) < 4.78 is 0. The number of nitrogens with one attached hydrogen (secondary N) is 1. The number of nitrogens with zero attached hydrogens (tertiary/aromatic N) is 1. The van der Waals surface area contributed by atoms with E-state index in [1.54, 1.807) is 18.2 Å². The second kappa shape index (κ2) is 6.40. The van der Waals surface area contributed by atoms with Gasteiger partial charge in [0, 0.05) is 17.1 Å². The monoisotopic (exact) mass is 410 g/mol. The van der Waals surface area contributed by atoms with E-state index in [-0.39, 0.29) is 23.8 Å². The Morgan fingerprint density at radius 3 is 2.62 bits per heavy atom. The average Bonchev–Trinajstić information content (AvgIpc) is 3.26. The molecule has 2 aromatic carbocycles. The fourth-order valence-electron chi connectivity index (χ4n) is 5.28. The number of carbonyl (C=O) groups is 3. The Kier molecular flexibility index (Phi) is 4.05. The summed E-state index contributed by atoms with van der Waals surface area (Å²) in [6, 6.07) is 14.8. The van der Waals surface area contributed by atoms with Gasteiger partial charge in [0.1, 0.15) is 11.8 Å². The van der Waals surface area contributed by atoms with Gasteiger partial charge in [-0.3, -0.25) is 19.3 Å². The zero-order chi connectivity index (χ0) is 20.3. The number of hydrogen-bond donors (Lipinski definition) is 2. The van der Waals surface area contributed by atoms with Gasteiger partial charge in [-0.05, 0) is 37.1 Å². The van der Waals surface area contributed by atoms with Gasteiger partial charge >= 0.3 is 0 Å². The van der Waals surface area contributed by atoms with Crippen LogP contribution in [0.25, 0.3) is 0 Å². The van der Waals surface area contributed by atoms with Crippen LogP contribution in [0.5, 0.6) is 0 Å². The molecule has 0 aliphatic carbocycles. The van der Waals surface area contributed by atoms with Crippen LogP contribution in [0.2, 0.25) is 5.02 Å². The van der Waals surface area contributed by atoms with E-state index in [4.69, 9.17) is 11.6 Å². The highest BCUT2D eigenvalue weighted by Crippen LogP contribution is 2.49. The minimum Gasteiger partial charge on any atom is -0.326 e. The molecule has 3 aliphatic rings. The van der Waals surface area contributed by atoms with Crippen molar-refractivity contribution in [3.8, 4) is 0 Å². The molecule has 6 nitrogen and oxygen atoms in total. The highest BCUT2D eigenvalue weighted by atomic mass is 35.5. The maximum Gasteiger partial charge on any atom is 0.291 e. The lowest BCUT2D eigenvalue weighted by Gasteiger charge is -2.26. The van der Waals surface area contributed by atoms with E-state index in [2.05, 4.69) is 5.32 Å². The van der Waals surface area contributed by atoms with Crippen molar-refractivity contribution < 1.29 is 19.7 Å². The van der Waals surface area contributed by atoms with E-state index in [1.165, 1.54) is 4.90 Å². The molecule has 1 spiro atoms. The summed E-state index contributed by atoms with van der Waals surface area (Å²) in [6.45, 7) is 2.23. The molecule has 3 N–H and O–H groups in total. The van der Waals surface area contributed by atoms with Gasteiger partial charge in [0.2, 0.25) is 17.4 Å². The molecule has 2 aromatic rings. The molecular formula is C22H21ClN3O3+. The minimum absolute atomic E-state index is 0.181. The summed E-state index contributed by atoms with van der Waals surface area (Å²) in [5.41, 5.74) is 1.28. The van der Waals surface area contributed by atoms with Crippen LogP contribution >= 0.6 is 11.6 Å². The number of rotatable bonds is 3. The molecule has 7 heteroatoms. The van der Waals surface area contributed by atoms with Crippen LogP contribution in [-0.2, 0) is 26.3 Å². The summed E-state index contributed by atoms with van der Waals surface area (Å²) in [6.07, 6.45) is 0.595. The molecule has 29 heavy (non-hydrogen) atoms. The molecule has 0 saturated carbocycles. The number of carbonyl (C=O) groups excluding carboxylic acids is 3. The third-order valence-electron chi connectivity index (χ3n) is 6.54. The molecule has 0 radical (unpaired) electrons. The molecule has 3 heterocycles. The smallest absolute Gasteiger partial charge is 0.291 e. The van der Waals surface area contributed by atoms with E-state index in [9.17, 15) is 14.4 Å². The number of fused-ring (bicyclic) bond motifs is 4. The first-order chi connectivity index (χ1) is 13.9. The Morgan fingerprint density at radius 2 is 1.86 bits per heavy atom. The fraction of sp³-hybridized carbons (Fsp3) is 0.318. The summed E-state index contributed by atoms with van der Waals surface area (Å²) in [5, 5.41) is 5.27. The Morgan fingerprint density at radius 1 is 1.10 bits per heavy atom. The molecule has 5 rings (SSSR count). The van der Waals surface area contributed by atoms with Crippen molar-refractivity contribution >= 4 is 35.0 Å². The van der Waals surface area contributed by atoms with Gasteiger partial charge < -0.3 is 10.6 Å². The fourth-order valence-corrected chi connectivity index (χ4v) is 5.45. The normalized spacial score (nSPS) is 30.1. The van der Waals surface area contributed by atoms with Crippen LogP contribution < -0.4 is 10.6 Å². The highest BCUT2D eigenvalue weighted by molar-refractivity contribution is 6.31. The molecule has 0 aromatic heterocycles. The number of hydrogen-bond acceptors (Lipinski definition) is 3. The van der Waals surface area contributed by atoms with Gasteiger partial charge in [-0.15, -0.1) is 0 Å². The Hall–Kier alpha value is -2.70. The van der Waals surface area contributed by atoms with Crippen molar-refractivity contribution in [1.82, 2.24) is 4.90 Å². The Balaban J connectivity index is 1.52. The summed E-state index contributed by atoms with van der Waals surface area (Å²) in [7, 11) is 0. The third kappa shape index (κ3) is 2.49. The highest BCUT2D eigenvalue weighted by Gasteiger charge is 2.73. The minimum atomic E-state index is -1.14. The number of benzene rings is 2. The standard InChI is InChI=1S/C22H20ClN3O3/c1-12-17-18(20(28)26(19(17)27)10-9-13-5-3-2-4-6-13)22(25-12)15-11-14(23)7-8-16(15)24-21(22)29/h2-8,11-12,17-18,25H,9-10H2,1H3,(H,24,29)/p+1/t12-,17+,18-,22-/m0/s1. The van der Waals surface area contributed by atoms with E-state index in [1.807, 2.05) is 42.6 Å². The number of likely N-dealkylation sites (tertiary alicyclic amines) is 1. The first-order valence-electron chi connectivity index (χ1n) is 9.80. The van der Waals surface area contributed by atoms with Crippen LogP contribution in [0.3, 0.4) is 0 Å². The van der Waals surface area contributed by atoms with Crippen molar-refractivity contribution in [3.63, 3.8) is 0 Å². The molecule has 2 saturated heterocycles. The number of imide groups is 1. The summed E-state index contributed by atoms with van der Waals surface area (Å²) in [5.74, 6) is -1.94. The molecule has 3 amide bonds. The second-order valence-electron chi connectivity index (χ2n) is 8.11. The first-order valence-corrected chi connectivity index (χ1v) is 10.2. The summed E-state index contributed by atoms with van der Waals surface area (Å²) >= 11 is 6.21. The van der Waals surface area contributed by atoms with Crippen molar-refractivity contribution in [2.75, 3.05) is 11.9 Å². The van der Waals surface area contributed by atoms with Crippen LogP contribution in [0.15, 0.2) is 48.5 Å². The quantitative estimate of drug-likeness (QED) is 0.748. The maximum absolute atomic E-state index is 13.4. The van der Waals surface area contributed by atoms with Crippen LogP contribution in [-0.4, -0.2) is 35.2 Å². The van der Waals surface area contributed by atoms with Crippen molar-refractivity contribution in [1.29, 1.82) is 0 Å². The van der Waals surface area contributed by atoms with E-state index in [0.717, 1.165) is 5.56 Å². The van der Waals surface area contributed by atoms with E-state index < -0.39 is 17.4 Å². The molecule has 4 atom stereocenters. The molecule has 3 aliphatic heterocycles. The first kappa shape index (κ1) is 18.3. The van der Waals surface area contributed by atoms with Crippen molar-refractivity contribution in [3.05, 3.63) is 64.7 Å². The third-order valence-corrected chi connectivity index (χ3v) is 6.78. The number of anilines is 1. The van der Waals surface area contributed by atoms with Gasteiger partial charge in [0.15, 0.2) is 0 Å². The summed E-state index contributed by atoms with van der Waals surface area (Å²) in [4.78, 5) is 41.1. The van der Waals surface area contributed by atoms with Crippen molar-refractivity contribution in [2.24, 2.45) is 11.8 Å². The zero-order valence-corrected chi connectivity index (χ0v) is 16.6. The van der Waals surface area contributed by atoms with Crippen LogP contribution in [0.1, 0.15) is 18.1 Å². The SMILES string of the molecule is C[C@@H]1[NH2+][C@]2(C(=O)Nc3ccc(Cl)cc32)[C@@H]2C(=O)N(CCc3ccccc3)C(=O)[C@H]12. The molecule has 2 fully saturated rings. The lowest BCUT2D eigenvalue weighted by Crippen LogP contribution is -2.98. The molecule has 0 unspecified atom stereocenters. The number of halogens is 1. The van der Waals surface area contributed by atoms with Crippen molar-refractivity contribution in [2.45, 2.75) is 24.9 Å².